The third-order valence-electron chi connectivity index (χ3n) is 4.86. The standard InChI is InChI=1S/C21H29N5.HI/c1-22-21(24-14-12-19-10-5-6-13-23-19)25-16-20-11-7-15-26(20)17-18-8-3-2-4-9-18;/h2-6,8-10,13,20H,7,11-12,14-17H2,1H3,(H2,22,24,25);1H. The quantitative estimate of drug-likeness (QED) is 0.364. The highest BCUT2D eigenvalue weighted by molar-refractivity contribution is 14.0. The molecule has 5 nitrogen and oxygen atoms in total. The predicted molar refractivity (Wildman–Crippen MR) is 123 cm³/mol. The third kappa shape index (κ3) is 7.10. The summed E-state index contributed by atoms with van der Waals surface area (Å²) >= 11 is 0. The Kier molecular flexibility index (Phi) is 9.55. The zero-order valence-electron chi connectivity index (χ0n) is 16.0. The van der Waals surface area contributed by atoms with Gasteiger partial charge in [0.25, 0.3) is 0 Å². The van der Waals surface area contributed by atoms with Gasteiger partial charge in [0.2, 0.25) is 0 Å². The first-order valence-corrected chi connectivity index (χ1v) is 9.47. The summed E-state index contributed by atoms with van der Waals surface area (Å²) in [5.41, 5.74) is 2.48. The van der Waals surface area contributed by atoms with Gasteiger partial charge in [0.1, 0.15) is 0 Å². The molecule has 0 spiro atoms. The fourth-order valence-electron chi connectivity index (χ4n) is 3.44. The molecule has 0 bridgehead atoms. The van der Waals surface area contributed by atoms with E-state index in [-0.39, 0.29) is 24.0 Å². The second-order valence-electron chi connectivity index (χ2n) is 6.70. The first-order chi connectivity index (χ1) is 12.8. The predicted octanol–water partition coefficient (Wildman–Crippen LogP) is 3.07. The second kappa shape index (κ2) is 11.9. The molecular formula is C21H30IN5. The second-order valence-corrected chi connectivity index (χ2v) is 6.70. The molecule has 0 radical (unpaired) electrons. The van der Waals surface area contributed by atoms with Crippen LogP contribution in [0.1, 0.15) is 24.1 Å². The minimum absolute atomic E-state index is 0. The van der Waals surface area contributed by atoms with Gasteiger partial charge in [0.15, 0.2) is 5.96 Å². The topological polar surface area (TPSA) is 52.6 Å². The van der Waals surface area contributed by atoms with E-state index in [1.165, 1.54) is 24.9 Å². The van der Waals surface area contributed by atoms with Gasteiger partial charge < -0.3 is 10.6 Å². The van der Waals surface area contributed by atoms with Crippen LogP contribution in [0, 0.1) is 0 Å². The van der Waals surface area contributed by atoms with Gasteiger partial charge in [-0.2, -0.15) is 0 Å². The monoisotopic (exact) mass is 479 g/mol. The van der Waals surface area contributed by atoms with Crippen molar-refractivity contribution in [2.24, 2.45) is 4.99 Å². The molecule has 6 heteroatoms. The number of aromatic nitrogens is 1. The van der Waals surface area contributed by atoms with E-state index in [9.17, 15) is 0 Å². The van der Waals surface area contributed by atoms with Crippen LogP contribution in [-0.2, 0) is 13.0 Å². The van der Waals surface area contributed by atoms with Crippen molar-refractivity contribution in [3.05, 3.63) is 66.0 Å². The number of pyridine rings is 1. The molecule has 1 saturated heterocycles. The number of hydrogen-bond donors (Lipinski definition) is 2. The molecule has 1 aliphatic rings. The zero-order chi connectivity index (χ0) is 18.0. The molecule has 1 atom stereocenters. The number of hydrogen-bond acceptors (Lipinski definition) is 3. The van der Waals surface area contributed by atoms with Gasteiger partial charge >= 0.3 is 0 Å². The van der Waals surface area contributed by atoms with Crippen LogP contribution in [-0.4, -0.2) is 48.6 Å². The summed E-state index contributed by atoms with van der Waals surface area (Å²) in [5, 5.41) is 6.88. The van der Waals surface area contributed by atoms with Crippen LogP contribution in [0.2, 0.25) is 0 Å². The van der Waals surface area contributed by atoms with Gasteiger partial charge in [0, 0.05) is 51.0 Å². The molecule has 2 heterocycles. The molecule has 0 amide bonds. The largest absolute Gasteiger partial charge is 0.356 e. The van der Waals surface area contributed by atoms with Crippen molar-refractivity contribution in [3.63, 3.8) is 0 Å². The van der Waals surface area contributed by atoms with Gasteiger partial charge in [0.05, 0.1) is 0 Å². The van der Waals surface area contributed by atoms with Crippen LogP contribution < -0.4 is 10.6 Å². The number of rotatable bonds is 7. The van der Waals surface area contributed by atoms with E-state index in [4.69, 9.17) is 0 Å². The van der Waals surface area contributed by atoms with Crippen LogP contribution in [0.3, 0.4) is 0 Å². The average Bonchev–Trinajstić information content (AvgIpc) is 3.13. The van der Waals surface area contributed by atoms with E-state index in [2.05, 4.69) is 61.9 Å². The molecule has 1 aromatic carbocycles. The fourth-order valence-corrected chi connectivity index (χ4v) is 3.44. The highest BCUT2D eigenvalue weighted by atomic mass is 127. The first kappa shape index (κ1) is 21.6. The lowest BCUT2D eigenvalue weighted by atomic mass is 10.2. The molecule has 27 heavy (non-hydrogen) atoms. The van der Waals surface area contributed by atoms with Crippen LogP contribution in [0.15, 0.2) is 59.7 Å². The van der Waals surface area contributed by atoms with E-state index in [0.717, 1.165) is 37.7 Å². The number of nitrogens with one attached hydrogen (secondary N) is 2. The van der Waals surface area contributed by atoms with E-state index in [0.29, 0.717) is 6.04 Å². The van der Waals surface area contributed by atoms with Crippen molar-refractivity contribution >= 4 is 29.9 Å². The van der Waals surface area contributed by atoms with Crippen LogP contribution in [0.5, 0.6) is 0 Å². The molecule has 1 aromatic heterocycles. The van der Waals surface area contributed by atoms with Crippen molar-refractivity contribution in [1.29, 1.82) is 0 Å². The Labute approximate surface area is 179 Å². The number of guanidine groups is 1. The maximum Gasteiger partial charge on any atom is 0.191 e. The SMILES string of the molecule is CN=C(NCCc1ccccn1)NCC1CCCN1Cc1ccccc1.I. The number of aliphatic imine (C=N–C) groups is 1. The number of likely N-dealkylation sites (tertiary alicyclic amines) is 1. The zero-order valence-corrected chi connectivity index (χ0v) is 18.3. The van der Waals surface area contributed by atoms with Crippen molar-refractivity contribution in [2.45, 2.75) is 31.8 Å². The molecule has 0 aliphatic carbocycles. The van der Waals surface area contributed by atoms with Crippen LogP contribution >= 0.6 is 24.0 Å². The van der Waals surface area contributed by atoms with Gasteiger partial charge in [-0.05, 0) is 37.1 Å². The molecule has 146 valence electrons. The number of nitrogens with zero attached hydrogens (tertiary/aromatic N) is 3. The number of benzene rings is 1. The normalized spacial score (nSPS) is 17.4. The molecule has 2 N–H and O–H groups in total. The molecule has 2 aromatic rings. The van der Waals surface area contributed by atoms with Gasteiger partial charge in [-0.15, -0.1) is 24.0 Å². The van der Waals surface area contributed by atoms with Gasteiger partial charge in [-0.1, -0.05) is 36.4 Å². The molecule has 1 fully saturated rings. The van der Waals surface area contributed by atoms with E-state index in [1.54, 1.807) is 0 Å². The van der Waals surface area contributed by atoms with Crippen molar-refractivity contribution < 1.29 is 0 Å². The summed E-state index contributed by atoms with van der Waals surface area (Å²) in [6.07, 6.45) is 5.24. The summed E-state index contributed by atoms with van der Waals surface area (Å²) in [7, 11) is 1.83. The summed E-state index contributed by atoms with van der Waals surface area (Å²) < 4.78 is 0. The molecule has 1 unspecified atom stereocenters. The highest BCUT2D eigenvalue weighted by Crippen LogP contribution is 2.19. The number of halogens is 1. The Hall–Kier alpha value is -1.67. The maximum absolute atomic E-state index is 4.35. The highest BCUT2D eigenvalue weighted by Gasteiger charge is 2.24. The van der Waals surface area contributed by atoms with E-state index < -0.39 is 0 Å². The summed E-state index contributed by atoms with van der Waals surface area (Å²) in [6.45, 7) is 3.96. The summed E-state index contributed by atoms with van der Waals surface area (Å²) in [5.74, 6) is 0.868. The molecular weight excluding hydrogens is 449 g/mol. The Balaban J connectivity index is 0.00000261. The van der Waals surface area contributed by atoms with Crippen molar-refractivity contribution in [1.82, 2.24) is 20.5 Å². The fraction of sp³-hybridized carbons (Fsp3) is 0.429. The Morgan fingerprint density at radius 1 is 1.15 bits per heavy atom. The maximum atomic E-state index is 4.35. The van der Waals surface area contributed by atoms with Gasteiger partial charge in [-0.3, -0.25) is 14.9 Å². The average molecular weight is 479 g/mol. The van der Waals surface area contributed by atoms with Crippen LogP contribution in [0.4, 0.5) is 0 Å². The summed E-state index contributed by atoms with van der Waals surface area (Å²) in [6, 6.07) is 17.3. The Bertz CT molecular complexity index is 677. The summed E-state index contributed by atoms with van der Waals surface area (Å²) in [4.78, 5) is 11.3. The Morgan fingerprint density at radius 3 is 2.70 bits per heavy atom. The Morgan fingerprint density at radius 2 is 1.96 bits per heavy atom. The lowest BCUT2D eigenvalue weighted by molar-refractivity contribution is 0.245. The minimum Gasteiger partial charge on any atom is -0.356 e. The first-order valence-electron chi connectivity index (χ1n) is 9.47. The van der Waals surface area contributed by atoms with E-state index >= 15 is 0 Å². The van der Waals surface area contributed by atoms with Crippen LogP contribution in [0.25, 0.3) is 0 Å². The molecule has 1 aliphatic heterocycles. The smallest absolute Gasteiger partial charge is 0.191 e. The lowest BCUT2D eigenvalue weighted by Crippen LogP contribution is -2.45. The van der Waals surface area contributed by atoms with Crippen molar-refractivity contribution in [3.8, 4) is 0 Å². The molecule has 0 saturated carbocycles. The molecule has 3 rings (SSSR count). The third-order valence-corrected chi connectivity index (χ3v) is 4.86. The van der Waals surface area contributed by atoms with E-state index in [1.807, 2.05) is 25.4 Å². The lowest BCUT2D eigenvalue weighted by Gasteiger charge is -2.25. The van der Waals surface area contributed by atoms with Gasteiger partial charge in [-0.25, -0.2) is 0 Å². The minimum atomic E-state index is 0. The van der Waals surface area contributed by atoms with Crippen molar-refractivity contribution in [2.75, 3.05) is 26.7 Å².